The van der Waals surface area contributed by atoms with E-state index in [9.17, 15) is 9.59 Å². The minimum atomic E-state index is -0.166. The second kappa shape index (κ2) is 8.82. The lowest BCUT2D eigenvalue weighted by molar-refractivity contribution is -0.115. The molecule has 0 saturated carbocycles. The van der Waals surface area contributed by atoms with Crippen LogP contribution in [-0.4, -0.2) is 31.3 Å². The van der Waals surface area contributed by atoms with Gasteiger partial charge >= 0.3 is 0 Å². The highest BCUT2D eigenvalue weighted by molar-refractivity contribution is 5.96. The summed E-state index contributed by atoms with van der Waals surface area (Å²) in [6.45, 7) is 11.9. The molecule has 2 aromatic carbocycles. The number of anilines is 1. The number of fused-ring (bicyclic) bond motifs is 1. The summed E-state index contributed by atoms with van der Waals surface area (Å²) >= 11 is 0. The molecule has 34 heavy (non-hydrogen) atoms. The van der Waals surface area contributed by atoms with Gasteiger partial charge in [-0.05, 0) is 56.0 Å². The van der Waals surface area contributed by atoms with E-state index in [4.69, 9.17) is 0 Å². The predicted octanol–water partition coefficient (Wildman–Crippen LogP) is 5.09. The number of rotatable bonds is 5. The third-order valence-corrected chi connectivity index (χ3v) is 5.97. The standard InChI is InChI=1S/C27H29N5O2/c1-16-23(15-24(34)29-22-13-9-19(10-14-22)18(3)33)17(2)32-26(28-16)30-25(31-32)20-7-11-21(12-8-20)27(4,5)6/h7-14H,15H2,1-6H3,(H,29,34). The normalized spacial score (nSPS) is 11.6. The van der Waals surface area contributed by atoms with Gasteiger partial charge in [-0.2, -0.15) is 4.98 Å². The van der Waals surface area contributed by atoms with Crippen LogP contribution in [0.15, 0.2) is 48.5 Å². The van der Waals surface area contributed by atoms with Gasteiger partial charge in [-0.15, -0.1) is 5.10 Å². The van der Waals surface area contributed by atoms with E-state index >= 15 is 0 Å². The number of hydrogen-bond donors (Lipinski definition) is 1. The average Bonchev–Trinajstić information content (AvgIpc) is 3.20. The van der Waals surface area contributed by atoms with Crippen LogP contribution in [0.5, 0.6) is 0 Å². The third-order valence-electron chi connectivity index (χ3n) is 5.97. The molecule has 174 valence electrons. The second-order valence-corrected chi connectivity index (χ2v) is 9.59. The fourth-order valence-corrected chi connectivity index (χ4v) is 3.86. The fraction of sp³-hybridized carbons (Fsp3) is 0.296. The molecule has 0 spiro atoms. The minimum absolute atomic E-state index is 0.0131. The van der Waals surface area contributed by atoms with Crippen molar-refractivity contribution in [2.75, 3.05) is 5.32 Å². The molecule has 7 nitrogen and oxygen atoms in total. The van der Waals surface area contributed by atoms with Gasteiger partial charge in [0.05, 0.1) is 6.42 Å². The molecule has 2 aromatic heterocycles. The zero-order valence-corrected chi connectivity index (χ0v) is 20.4. The molecule has 1 amide bonds. The summed E-state index contributed by atoms with van der Waals surface area (Å²) in [6.07, 6.45) is 0.157. The highest BCUT2D eigenvalue weighted by Gasteiger charge is 2.18. The lowest BCUT2D eigenvalue weighted by Crippen LogP contribution is -2.17. The first-order valence-electron chi connectivity index (χ1n) is 11.3. The highest BCUT2D eigenvalue weighted by atomic mass is 16.1. The Balaban J connectivity index is 1.58. The lowest BCUT2D eigenvalue weighted by atomic mass is 9.87. The van der Waals surface area contributed by atoms with Crippen LogP contribution >= 0.6 is 0 Å². The van der Waals surface area contributed by atoms with Crippen molar-refractivity contribution in [2.24, 2.45) is 0 Å². The SMILES string of the molecule is CC(=O)c1ccc(NC(=O)Cc2c(C)nc3nc(-c4ccc(C(C)(C)C)cc4)nn3c2C)cc1. The molecule has 4 aromatic rings. The monoisotopic (exact) mass is 455 g/mol. The molecule has 0 bridgehead atoms. The Morgan fingerprint density at radius 1 is 0.941 bits per heavy atom. The average molecular weight is 456 g/mol. The van der Waals surface area contributed by atoms with E-state index in [1.165, 1.54) is 12.5 Å². The number of nitrogens with one attached hydrogen (secondary N) is 1. The largest absolute Gasteiger partial charge is 0.326 e. The molecule has 0 aliphatic rings. The Labute approximate surface area is 199 Å². The van der Waals surface area contributed by atoms with Crippen LogP contribution in [0.1, 0.15) is 60.6 Å². The first kappa shape index (κ1) is 23.3. The fourth-order valence-electron chi connectivity index (χ4n) is 3.86. The summed E-state index contributed by atoms with van der Waals surface area (Å²) < 4.78 is 1.70. The van der Waals surface area contributed by atoms with Crippen LogP contribution in [0.4, 0.5) is 5.69 Å². The van der Waals surface area contributed by atoms with Gasteiger partial charge in [-0.3, -0.25) is 9.59 Å². The summed E-state index contributed by atoms with van der Waals surface area (Å²) in [5.74, 6) is 0.929. The van der Waals surface area contributed by atoms with E-state index in [0.29, 0.717) is 22.9 Å². The van der Waals surface area contributed by atoms with Gasteiger partial charge in [0.2, 0.25) is 5.91 Å². The number of aromatic nitrogens is 4. The van der Waals surface area contributed by atoms with E-state index in [2.05, 4.69) is 53.3 Å². The van der Waals surface area contributed by atoms with E-state index in [0.717, 1.165) is 22.5 Å². The van der Waals surface area contributed by atoms with Gasteiger partial charge in [-0.1, -0.05) is 45.0 Å². The molecule has 0 fully saturated rings. The molecule has 7 heteroatoms. The Morgan fingerprint density at radius 2 is 1.59 bits per heavy atom. The van der Waals surface area contributed by atoms with Crippen LogP contribution < -0.4 is 5.32 Å². The van der Waals surface area contributed by atoms with Gasteiger partial charge in [-0.25, -0.2) is 9.50 Å². The van der Waals surface area contributed by atoms with Crippen molar-refractivity contribution >= 4 is 23.2 Å². The minimum Gasteiger partial charge on any atom is -0.326 e. The molecule has 4 rings (SSSR count). The first-order chi connectivity index (χ1) is 16.0. The third kappa shape index (κ3) is 4.73. The molecular formula is C27H29N5O2. The number of hydrogen-bond acceptors (Lipinski definition) is 5. The Bertz CT molecular complexity index is 1380. The molecule has 0 atom stereocenters. The van der Waals surface area contributed by atoms with Gasteiger partial charge in [0, 0.05) is 33.8 Å². The van der Waals surface area contributed by atoms with Gasteiger partial charge in [0.25, 0.3) is 5.78 Å². The van der Waals surface area contributed by atoms with Gasteiger partial charge in [0.15, 0.2) is 11.6 Å². The summed E-state index contributed by atoms with van der Waals surface area (Å²) in [4.78, 5) is 33.4. The zero-order chi connectivity index (χ0) is 24.6. The van der Waals surface area contributed by atoms with Crippen molar-refractivity contribution in [3.8, 4) is 11.4 Å². The topological polar surface area (TPSA) is 89.2 Å². The van der Waals surface area contributed by atoms with Crippen molar-refractivity contribution in [2.45, 2.75) is 53.4 Å². The predicted molar refractivity (Wildman–Crippen MR) is 133 cm³/mol. The Hall–Kier alpha value is -3.87. The number of carbonyl (C=O) groups is 2. The van der Waals surface area contributed by atoms with E-state index < -0.39 is 0 Å². The molecule has 0 unspecified atom stereocenters. The number of ketones is 1. The summed E-state index contributed by atoms with van der Waals surface area (Å²) in [6, 6.07) is 15.1. The van der Waals surface area contributed by atoms with E-state index in [1.807, 2.05) is 26.0 Å². The van der Waals surface area contributed by atoms with Crippen LogP contribution in [0, 0.1) is 13.8 Å². The van der Waals surface area contributed by atoms with Crippen molar-refractivity contribution in [3.63, 3.8) is 0 Å². The molecule has 0 saturated heterocycles. The molecule has 0 aliphatic carbocycles. The number of nitrogens with zero attached hydrogens (tertiary/aromatic N) is 4. The van der Waals surface area contributed by atoms with Crippen molar-refractivity contribution in [3.05, 3.63) is 76.6 Å². The molecular weight excluding hydrogens is 426 g/mol. The molecule has 0 radical (unpaired) electrons. The zero-order valence-electron chi connectivity index (χ0n) is 20.4. The number of carbonyl (C=O) groups excluding carboxylic acids is 2. The van der Waals surface area contributed by atoms with Crippen molar-refractivity contribution in [1.82, 2.24) is 19.6 Å². The summed E-state index contributed by atoms with van der Waals surface area (Å²) in [5, 5.41) is 7.56. The van der Waals surface area contributed by atoms with Crippen LogP contribution in [0.3, 0.4) is 0 Å². The molecule has 1 N–H and O–H groups in total. The van der Waals surface area contributed by atoms with Gasteiger partial charge < -0.3 is 5.32 Å². The maximum Gasteiger partial charge on any atom is 0.253 e. The number of amides is 1. The molecule has 0 aliphatic heterocycles. The number of Topliss-reactive ketones (excluding diaryl/α,β-unsaturated/α-hetero) is 1. The Morgan fingerprint density at radius 3 is 2.18 bits per heavy atom. The Kier molecular flexibility index (Phi) is 6.04. The number of benzene rings is 2. The van der Waals surface area contributed by atoms with E-state index in [1.54, 1.807) is 28.8 Å². The van der Waals surface area contributed by atoms with Crippen molar-refractivity contribution < 1.29 is 9.59 Å². The van der Waals surface area contributed by atoms with Crippen LogP contribution in [0.25, 0.3) is 17.2 Å². The van der Waals surface area contributed by atoms with Crippen LogP contribution in [-0.2, 0) is 16.6 Å². The molecule has 2 heterocycles. The maximum atomic E-state index is 12.7. The maximum absolute atomic E-state index is 12.7. The van der Waals surface area contributed by atoms with Crippen molar-refractivity contribution in [1.29, 1.82) is 0 Å². The quantitative estimate of drug-likeness (QED) is 0.424. The lowest BCUT2D eigenvalue weighted by Gasteiger charge is -2.18. The van der Waals surface area contributed by atoms with Crippen LogP contribution in [0.2, 0.25) is 0 Å². The second-order valence-electron chi connectivity index (χ2n) is 9.59. The summed E-state index contributed by atoms with van der Waals surface area (Å²) in [5.41, 5.74) is 5.87. The summed E-state index contributed by atoms with van der Waals surface area (Å²) in [7, 11) is 0. The smallest absolute Gasteiger partial charge is 0.253 e. The van der Waals surface area contributed by atoms with Gasteiger partial charge in [0.1, 0.15) is 0 Å². The number of aryl methyl sites for hydroxylation is 2. The van der Waals surface area contributed by atoms with E-state index in [-0.39, 0.29) is 23.5 Å². The highest BCUT2D eigenvalue weighted by Crippen LogP contribution is 2.25. The first-order valence-corrected chi connectivity index (χ1v) is 11.3.